The highest BCUT2D eigenvalue weighted by Gasteiger charge is 2.05. The van der Waals surface area contributed by atoms with E-state index in [1.165, 1.54) is 0 Å². The predicted molar refractivity (Wildman–Crippen MR) is 71.9 cm³/mol. The van der Waals surface area contributed by atoms with E-state index >= 15 is 0 Å². The molecule has 6 nitrogen and oxygen atoms in total. The van der Waals surface area contributed by atoms with Gasteiger partial charge in [0.2, 0.25) is 0 Å². The average molecular weight is 269 g/mol. The molecule has 1 aromatic carbocycles. The van der Waals surface area contributed by atoms with Crippen LogP contribution in [0.3, 0.4) is 0 Å². The number of carbonyl (C=O) groups is 2. The maximum Gasteiger partial charge on any atom is 0.423 e. The van der Waals surface area contributed by atoms with E-state index in [2.05, 4.69) is 10.7 Å². The molecule has 0 saturated heterocycles. The number of hydrazine groups is 1. The zero-order chi connectivity index (χ0) is 13.4. The Balaban J connectivity index is 2.57. The Hall–Kier alpha value is -1.89. The highest BCUT2D eigenvalue weighted by molar-refractivity contribution is 7.98. The van der Waals surface area contributed by atoms with E-state index < -0.39 is 6.09 Å². The summed E-state index contributed by atoms with van der Waals surface area (Å²) in [7, 11) is 0. The third kappa shape index (κ3) is 4.96. The van der Waals surface area contributed by atoms with Crippen LogP contribution in [0.15, 0.2) is 24.3 Å². The highest BCUT2D eigenvalue weighted by atomic mass is 32.2. The van der Waals surface area contributed by atoms with Gasteiger partial charge in [0.15, 0.2) is 0 Å². The van der Waals surface area contributed by atoms with Crippen molar-refractivity contribution in [1.82, 2.24) is 10.7 Å². The Bertz CT molecular complexity index is 426. The summed E-state index contributed by atoms with van der Waals surface area (Å²) < 4.78 is 0. The second-order valence-corrected chi connectivity index (χ2v) is 4.37. The Morgan fingerprint density at radius 2 is 2.17 bits per heavy atom. The maximum atomic E-state index is 11.7. The zero-order valence-corrected chi connectivity index (χ0v) is 10.7. The van der Waals surface area contributed by atoms with Crippen molar-refractivity contribution in [2.24, 2.45) is 0 Å². The Morgan fingerprint density at radius 3 is 2.83 bits per heavy atom. The third-order valence-electron chi connectivity index (χ3n) is 2.03. The molecule has 1 aromatic rings. The molecule has 7 heteroatoms. The molecule has 0 aliphatic carbocycles. The van der Waals surface area contributed by atoms with Crippen molar-refractivity contribution >= 4 is 29.4 Å². The van der Waals surface area contributed by atoms with Crippen LogP contribution in [0, 0.1) is 0 Å². The standard InChI is InChI=1S/C11H15N3O3S/c1-18-6-5-12-10(15)8-3-2-4-9(7-8)13-14-11(16)17/h2-4,7,13-14H,5-6H2,1H3,(H,12,15)(H,16,17). The molecule has 98 valence electrons. The van der Waals surface area contributed by atoms with Gasteiger partial charge in [-0.2, -0.15) is 11.8 Å². The SMILES string of the molecule is CSCCNC(=O)c1cccc(NNC(=O)O)c1. The number of anilines is 1. The summed E-state index contributed by atoms with van der Waals surface area (Å²) in [5.74, 6) is 0.674. The number of thioether (sulfide) groups is 1. The van der Waals surface area contributed by atoms with E-state index in [1.54, 1.807) is 36.0 Å². The van der Waals surface area contributed by atoms with Crippen molar-refractivity contribution in [2.45, 2.75) is 0 Å². The molecule has 0 heterocycles. The maximum absolute atomic E-state index is 11.7. The van der Waals surface area contributed by atoms with Gasteiger partial charge in [-0.25, -0.2) is 10.2 Å². The second-order valence-electron chi connectivity index (χ2n) is 3.38. The first-order valence-electron chi connectivity index (χ1n) is 5.25. The summed E-state index contributed by atoms with van der Waals surface area (Å²) in [6.45, 7) is 0.602. The largest absolute Gasteiger partial charge is 0.464 e. The molecule has 0 radical (unpaired) electrons. The number of amides is 2. The fourth-order valence-electron chi connectivity index (χ4n) is 1.23. The van der Waals surface area contributed by atoms with Gasteiger partial charge in [0, 0.05) is 17.9 Å². The van der Waals surface area contributed by atoms with Gasteiger partial charge < -0.3 is 10.4 Å². The molecule has 0 saturated carbocycles. The number of hydrogen-bond acceptors (Lipinski definition) is 4. The number of benzene rings is 1. The van der Waals surface area contributed by atoms with Crippen LogP contribution in [0.2, 0.25) is 0 Å². The van der Waals surface area contributed by atoms with E-state index in [1.807, 2.05) is 11.7 Å². The van der Waals surface area contributed by atoms with Crippen LogP contribution in [-0.2, 0) is 0 Å². The van der Waals surface area contributed by atoms with Crippen molar-refractivity contribution < 1.29 is 14.7 Å². The molecule has 0 bridgehead atoms. The third-order valence-corrected chi connectivity index (χ3v) is 2.64. The monoisotopic (exact) mass is 269 g/mol. The first-order chi connectivity index (χ1) is 8.63. The number of carbonyl (C=O) groups excluding carboxylic acids is 1. The second kappa shape index (κ2) is 7.44. The number of nitrogens with one attached hydrogen (secondary N) is 3. The fourth-order valence-corrected chi connectivity index (χ4v) is 1.54. The molecule has 0 unspecified atom stereocenters. The minimum absolute atomic E-state index is 0.178. The summed E-state index contributed by atoms with van der Waals surface area (Å²) in [5.41, 5.74) is 5.47. The van der Waals surface area contributed by atoms with Gasteiger partial charge in [0.05, 0.1) is 5.69 Å². The van der Waals surface area contributed by atoms with Gasteiger partial charge in [-0.15, -0.1) is 0 Å². The summed E-state index contributed by atoms with van der Waals surface area (Å²) in [4.78, 5) is 22.0. The van der Waals surface area contributed by atoms with E-state index in [0.717, 1.165) is 5.75 Å². The first-order valence-corrected chi connectivity index (χ1v) is 6.65. The molecule has 0 fully saturated rings. The van der Waals surface area contributed by atoms with Crippen LogP contribution >= 0.6 is 11.8 Å². The lowest BCUT2D eigenvalue weighted by Crippen LogP contribution is -2.28. The molecular formula is C11H15N3O3S. The summed E-state index contributed by atoms with van der Waals surface area (Å²) in [6.07, 6.45) is 0.777. The van der Waals surface area contributed by atoms with Gasteiger partial charge in [-0.1, -0.05) is 6.07 Å². The molecule has 0 aliphatic rings. The van der Waals surface area contributed by atoms with Crippen LogP contribution < -0.4 is 16.2 Å². The summed E-state index contributed by atoms with van der Waals surface area (Å²) in [6, 6.07) is 6.58. The topological polar surface area (TPSA) is 90.5 Å². The van der Waals surface area contributed by atoms with Crippen molar-refractivity contribution in [3.63, 3.8) is 0 Å². The summed E-state index contributed by atoms with van der Waals surface area (Å²) in [5, 5.41) is 11.2. The summed E-state index contributed by atoms with van der Waals surface area (Å²) >= 11 is 1.65. The zero-order valence-electron chi connectivity index (χ0n) is 9.90. The molecule has 0 spiro atoms. The lowest BCUT2D eigenvalue weighted by molar-refractivity contribution is 0.0956. The van der Waals surface area contributed by atoms with Crippen molar-refractivity contribution in [3.05, 3.63) is 29.8 Å². The van der Waals surface area contributed by atoms with Gasteiger partial charge in [-0.05, 0) is 24.5 Å². The minimum Gasteiger partial charge on any atom is -0.464 e. The highest BCUT2D eigenvalue weighted by Crippen LogP contribution is 2.09. The van der Waals surface area contributed by atoms with Crippen LogP contribution in [0.25, 0.3) is 0 Å². The van der Waals surface area contributed by atoms with Crippen molar-refractivity contribution in [2.75, 3.05) is 24.0 Å². The molecule has 0 aliphatic heterocycles. The molecular weight excluding hydrogens is 254 g/mol. The lowest BCUT2D eigenvalue weighted by atomic mass is 10.2. The van der Waals surface area contributed by atoms with Crippen LogP contribution in [0.4, 0.5) is 10.5 Å². The Kier molecular flexibility index (Phi) is 5.86. The molecule has 18 heavy (non-hydrogen) atoms. The van der Waals surface area contributed by atoms with E-state index in [-0.39, 0.29) is 5.91 Å². The van der Waals surface area contributed by atoms with Gasteiger partial charge in [0.1, 0.15) is 0 Å². The smallest absolute Gasteiger partial charge is 0.423 e. The molecule has 1 rings (SSSR count). The first kappa shape index (κ1) is 14.2. The number of carboxylic acid groups (broad SMARTS) is 1. The molecule has 0 aromatic heterocycles. The quantitative estimate of drug-likeness (QED) is 0.462. The van der Waals surface area contributed by atoms with Gasteiger partial charge >= 0.3 is 6.09 Å². The fraction of sp³-hybridized carbons (Fsp3) is 0.273. The van der Waals surface area contributed by atoms with Crippen LogP contribution in [0.5, 0.6) is 0 Å². The molecule has 2 amide bonds. The molecule has 0 atom stereocenters. The predicted octanol–water partition coefficient (Wildman–Crippen LogP) is 1.37. The average Bonchev–Trinajstić information content (AvgIpc) is 2.37. The van der Waals surface area contributed by atoms with Crippen LogP contribution in [-0.4, -0.2) is 35.7 Å². The Morgan fingerprint density at radius 1 is 1.39 bits per heavy atom. The van der Waals surface area contributed by atoms with Crippen molar-refractivity contribution in [1.29, 1.82) is 0 Å². The van der Waals surface area contributed by atoms with Crippen LogP contribution in [0.1, 0.15) is 10.4 Å². The van der Waals surface area contributed by atoms with Crippen molar-refractivity contribution in [3.8, 4) is 0 Å². The molecule has 4 N–H and O–H groups in total. The van der Waals surface area contributed by atoms with Gasteiger partial charge in [0.25, 0.3) is 5.91 Å². The lowest BCUT2D eigenvalue weighted by Gasteiger charge is -2.08. The number of rotatable bonds is 6. The van der Waals surface area contributed by atoms with E-state index in [0.29, 0.717) is 17.8 Å². The normalized spacial score (nSPS) is 9.61. The Labute approximate surface area is 109 Å². The minimum atomic E-state index is -1.19. The number of hydrogen-bond donors (Lipinski definition) is 4. The van der Waals surface area contributed by atoms with E-state index in [4.69, 9.17) is 5.11 Å². The van der Waals surface area contributed by atoms with Gasteiger partial charge in [-0.3, -0.25) is 10.2 Å². The van der Waals surface area contributed by atoms with E-state index in [9.17, 15) is 9.59 Å².